The Balaban J connectivity index is 3.24. The highest BCUT2D eigenvalue weighted by Crippen LogP contribution is 2.03. The molecule has 0 heterocycles. The van der Waals surface area contributed by atoms with Crippen molar-refractivity contribution in [1.29, 1.82) is 0 Å². The summed E-state index contributed by atoms with van der Waals surface area (Å²) < 4.78 is 0.919. The van der Waals surface area contributed by atoms with Crippen LogP contribution in [-0.2, 0) is 0 Å². The summed E-state index contributed by atoms with van der Waals surface area (Å²) in [4.78, 5) is 0. The molecule has 0 spiro atoms. The molecule has 0 radical (unpaired) electrons. The molecule has 0 nitrogen and oxygen atoms in total. The van der Waals surface area contributed by atoms with Gasteiger partial charge in [-0.05, 0) is 27.4 Å². The molecule has 28 valence electrons. The predicted molar refractivity (Wildman–Crippen MR) is 27.5 cm³/mol. The van der Waals surface area contributed by atoms with Gasteiger partial charge in [0.1, 0.15) is 0 Å². The van der Waals surface area contributed by atoms with Crippen LogP contribution in [0.4, 0.5) is 0 Å². The Labute approximate surface area is 44.3 Å². The van der Waals surface area contributed by atoms with Gasteiger partial charge in [-0.25, -0.2) is 0 Å². The van der Waals surface area contributed by atoms with Crippen molar-refractivity contribution < 1.29 is 0 Å². The van der Waals surface area contributed by atoms with Crippen molar-refractivity contribution in [3.63, 3.8) is 0 Å². The van der Waals surface area contributed by atoms with Crippen LogP contribution in [0.25, 0.3) is 0 Å². The zero-order valence-corrected chi connectivity index (χ0v) is 4.54. The van der Waals surface area contributed by atoms with Crippen LogP contribution in [0.3, 0.4) is 0 Å². The molecule has 0 saturated carbocycles. The third-order valence-electron chi connectivity index (χ3n) is 0.453. The molecule has 0 atom stereocenters. The molecule has 0 amide bonds. The monoisotopic (exact) mass is 140 g/mol. The smallest absolute Gasteiger partial charge is 0.0595 e. The Morgan fingerprint density at radius 3 is 2.67 bits per heavy atom. The van der Waals surface area contributed by atoms with Gasteiger partial charge in [0, 0.05) is 6.08 Å². The van der Waals surface area contributed by atoms with Crippen LogP contribution in [-0.4, -0.2) is 0 Å². The molecule has 1 aliphatic carbocycles. The van der Waals surface area contributed by atoms with Crippen LogP contribution in [0.1, 0.15) is 0 Å². The lowest BCUT2D eigenvalue weighted by Crippen LogP contribution is -1.41. The highest BCUT2D eigenvalue weighted by Gasteiger charge is 1.77. The predicted octanol–water partition coefficient (Wildman–Crippen LogP) is 1.74. The second-order valence-electron chi connectivity index (χ2n) is 0.887. The van der Waals surface area contributed by atoms with Gasteiger partial charge in [-0.1, -0.05) is 5.73 Å². The maximum atomic E-state index is 3.16. The Hall–Kier alpha value is -0.440. The molecule has 0 fully saturated rings. The largest absolute Gasteiger partial charge is 0.0767 e. The Kier molecular flexibility index (Phi) is 0.837. The molecule has 0 saturated heterocycles. The first-order valence-corrected chi connectivity index (χ1v) is 2.31. The van der Waals surface area contributed by atoms with Crippen LogP contribution in [0.5, 0.6) is 0 Å². The van der Waals surface area contributed by atoms with E-state index in [0.29, 0.717) is 0 Å². The summed E-state index contributed by atoms with van der Waals surface area (Å²) in [5.41, 5.74) is 8.07. The Morgan fingerprint density at radius 2 is 2.50 bits per heavy atom. The number of rotatable bonds is 0. The molecule has 0 unspecified atom stereocenters. The van der Waals surface area contributed by atoms with Crippen molar-refractivity contribution >= 4 is 15.9 Å². The molecule has 0 aromatic rings. The van der Waals surface area contributed by atoms with Gasteiger partial charge in [-0.2, -0.15) is 0 Å². The summed E-state index contributed by atoms with van der Waals surface area (Å²) >= 11 is 3.16. The van der Waals surface area contributed by atoms with E-state index in [1.54, 1.807) is 6.08 Å². The minimum absolute atomic E-state index is 0.919. The van der Waals surface area contributed by atoms with E-state index in [1.807, 2.05) is 0 Å². The molecular formula is C5HBr. The summed E-state index contributed by atoms with van der Waals surface area (Å²) in [6, 6.07) is 0. The highest BCUT2D eigenvalue weighted by atomic mass is 79.9. The standard InChI is InChI=1S/C5HBr/c6-5-3-1-2-4-5/h3H. The third-order valence-corrected chi connectivity index (χ3v) is 0.880. The summed E-state index contributed by atoms with van der Waals surface area (Å²) in [7, 11) is 0. The fourth-order valence-corrected chi connectivity index (χ4v) is 0.445. The van der Waals surface area contributed by atoms with Crippen LogP contribution >= 0.6 is 15.9 Å². The second kappa shape index (κ2) is 1.34. The molecular weight excluding hydrogens is 140 g/mol. The average molecular weight is 141 g/mol. The first-order chi connectivity index (χ1) is 2.89. The maximum Gasteiger partial charge on any atom is 0.0767 e. The minimum atomic E-state index is 0.919. The van der Waals surface area contributed by atoms with E-state index in [2.05, 4.69) is 33.1 Å². The van der Waals surface area contributed by atoms with Gasteiger partial charge in [0.2, 0.25) is 0 Å². The molecule has 0 aromatic heterocycles. The number of hydrogen-bond acceptors (Lipinski definition) is 0. The first-order valence-electron chi connectivity index (χ1n) is 1.52. The molecule has 1 aliphatic rings. The highest BCUT2D eigenvalue weighted by molar-refractivity contribution is 9.11. The summed E-state index contributed by atoms with van der Waals surface area (Å²) in [6.07, 6.45) is 1.76. The van der Waals surface area contributed by atoms with Crippen LogP contribution < -0.4 is 0 Å². The number of hydrogen-bond donors (Lipinski definition) is 0. The van der Waals surface area contributed by atoms with E-state index in [4.69, 9.17) is 0 Å². The zero-order chi connectivity index (χ0) is 4.41. The van der Waals surface area contributed by atoms with Crippen LogP contribution in [0.2, 0.25) is 0 Å². The van der Waals surface area contributed by atoms with Gasteiger partial charge in [-0.3, -0.25) is 0 Å². The molecule has 0 aliphatic heterocycles. The average Bonchev–Trinajstić information content (AvgIpc) is 1.86. The lowest BCUT2D eigenvalue weighted by atomic mass is 10.6. The van der Waals surface area contributed by atoms with Gasteiger partial charge in [0.15, 0.2) is 0 Å². The Morgan fingerprint density at radius 1 is 1.67 bits per heavy atom. The summed E-state index contributed by atoms with van der Waals surface area (Å²) in [5.74, 6) is 0. The van der Waals surface area contributed by atoms with Gasteiger partial charge >= 0.3 is 0 Å². The number of allylic oxidation sites excluding steroid dienone is 2. The maximum absolute atomic E-state index is 3.16. The van der Waals surface area contributed by atoms with Gasteiger partial charge in [-0.15, -0.1) is 0 Å². The third kappa shape index (κ3) is 0.542. The minimum Gasteiger partial charge on any atom is -0.0595 e. The number of halogens is 1. The van der Waals surface area contributed by atoms with E-state index in [1.165, 1.54) is 0 Å². The van der Waals surface area contributed by atoms with E-state index >= 15 is 0 Å². The SMILES string of the molecule is BrC1=C=C=C=C1. The molecule has 1 heteroatoms. The fraction of sp³-hybridized carbons (Fsp3) is 0. The van der Waals surface area contributed by atoms with E-state index in [0.717, 1.165) is 4.48 Å². The molecule has 0 bridgehead atoms. The topological polar surface area (TPSA) is 0 Å². The molecule has 0 aromatic carbocycles. The van der Waals surface area contributed by atoms with E-state index in [9.17, 15) is 0 Å². The van der Waals surface area contributed by atoms with Crippen molar-refractivity contribution in [2.45, 2.75) is 0 Å². The van der Waals surface area contributed by atoms with Crippen molar-refractivity contribution in [2.75, 3.05) is 0 Å². The lowest BCUT2D eigenvalue weighted by Gasteiger charge is -1.63. The lowest BCUT2D eigenvalue weighted by molar-refractivity contribution is 2.09. The van der Waals surface area contributed by atoms with Crippen molar-refractivity contribution in [2.24, 2.45) is 0 Å². The van der Waals surface area contributed by atoms with Crippen molar-refractivity contribution in [3.05, 3.63) is 27.8 Å². The van der Waals surface area contributed by atoms with Crippen molar-refractivity contribution in [3.8, 4) is 0 Å². The van der Waals surface area contributed by atoms with E-state index < -0.39 is 0 Å². The van der Waals surface area contributed by atoms with E-state index in [-0.39, 0.29) is 0 Å². The zero-order valence-electron chi connectivity index (χ0n) is 2.96. The fourth-order valence-electron chi connectivity index (χ4n) is 0.231. The Bertz CT molecular complexity index is 182. The van der Waals surface area contributed by atoms with Gasteiger partial charge in [0.05, 0.1) is 4.48 Å². The van der Waals surface area contributed by atoms with Gasteiger partial charge in [0.25, 0.3) is 0 Å². The molecule has 1 rings (SSSR count). The second-order valence-corrected chi connectivity index (χ2v) is 1.74. The van der Waals surface area contributed by atoms with Crippen LogP contribution in [0, 0.1) is 0 Å². The quantitative estimate of drug-likeness (QED) is 0.450. The van der Waals surface area contributed by atoms with Gasteiger partial charge < -0.3 is 0 Å². The summed E-state index contributed by atoms with van der Waals surface area (Å²) in [5, 5.41) is 0. The molecule has 6 heavy (non-hydrogen) atoms. The molecule has 0 N–H and O–H groups in total. The van der Waals surface area contributed by atoms with Crippen molar-refractivity contribution in [1.82, 2.24) is 0 Å². The van der Waals surface area contributed by atoms with Crippen LogP contribution in [0.15, 0.2) is 27.8 Å². The summed E-state index contributed by atoms with van der Waals surface area (Å²) in [6.45, 7) is 0. The normalized spacial score (nSPS) is 13.2. The first kappa shape index (κ1) is 3.74.